The van der Waals surface area contributed by atoms with Crippen LogP contribution in [0.5, 0.6) is 0 Å². The van der Waals surface area contributed by atoms with E-state index in [4.69, 9.17) is 11.6 Å². The first-order valence-electron chi connectivity index (χ1n) is 12.5. The van der Waals surface area contributed by atoms with Crippen LogP contribution < -0.4 is 10.2 Å². The molecule has 35 heavy (non-hydrogen) atoms. The largest absolute Gasteiger partial charge is 0.378 e. The Hall–Kier alpha value is -2.64. The van der Waals surface area contributed by atoms with E-state index in [1.54, 1.807) is 13.1 Å². The van der Waals surface area contributed by atoms with Gasteiger partial charge in [-0.3, -0.25) is 9.59 Å². The van der Waals surface area contributed by atoms with Crippen molar-refractivity contribution in [2.24, 2.45) is 11.8 Å². The van der Waals surface area contributed by atoms with Crippen LogP contribution in [-0.4, -0.2) is 60.0 Å². The molecule has 2 aromatic rings. The van der Waals surface area contributed by atoms with Crippen LogP contribution in [0.3, 0.4) is 0 Å². The van der Waals surface area contributed by atoms with Crippen molar-refractivity contribution in [1.82, 2.24) is 15.2 Å². The van der Waals surface area contributed by atoms with Gasteiger partial charge in [0.15, 0.2) is 6.10 Å². The van der Waals surface area contributed by atoms with Gasteiger partial charge in [-0.05, 0) is 68.6 Å². The van der Waals surface area contributed by atoms with Gasteiger partial charge in [0.25, 0.3) is 11.8 Å². The third-order valence-corrected chi connectivity index (χ3v) is 7.72. The number of aryl methyl sites for hydroxylation is 1. The monoisotopic (exact) mass is 498 g/mol. The number of piperidine rings is 2. The number of hydrogen-bond donors (Lipinski definition) is 2. The summed E-state index contributed by atoms with van der Waals surface area (Å²) in [6, 6.07) is 11.1. The Morgan fingerprint density at radius 1 is 1.09 bits per heavy atom. The normalized spacial score (nSPS) is 18.4. The molecule has 1 unspecified atom stereocenters. The molecule has 4 rings (SSSR count). The number of aliphatic hydroxyl groups excluding tert-OH is 1. The predicted molar refractivity (Wildman–Crippen MR) is 138 cm³/mol. The molecule has 2 saturated heterocycles. The number of pyridine rings is 1. The lowest BCUT2D eigenvalue weighted by atomic mass is 9.82. The molecule has 0 bridgehead atoms. The second kappa shape index (κ2) is 11.4. The standard InChI is InChI=1S/C27H35ClN4O3/c1-18-4-3-5-21(16-18)24(33)27(35)32-14-10-20(11-15-32)17-19-8-12-31(13-9-19)23-7-6-22(25(28)30-23)26(34)29-2/h3-7,16,19-20,24,33H,8-15,17H2,1-2H3,(H,29,34). The quantitative estimate of drug-likeness (QED) is 0.588. The summed E-state index contributed by atoms with van der Waals surface area (Å²) in [5, 5.41) is 13.4. The Morgan fingerprint density at radius 3 is 2.34 bits per heavy atom. The van der Waals surface area contributed by atoms with Crippen molar-refractivity contribution in [2.75, 3.05) is 38.1 Å². The topological polar surface area (TPSA) is 85.8 Å². The number of amides is 2. The number of aromatic nitrogens is 1. The maximum absolute atomic E-state index is 12.8. The minimum Gasteiger partial charge on any atom is -0.378 e. The number of aliphatic hydroxyl groups is 1. The summed E-state index contributed by atoms with van der Waals surface area (Å²) in [6.45, 7) is 5.24. The molecule has 1 atom stereocenters. The maximum Gasteiger partial charge on any atom is 0.256 e. The zero-order valence-electron chi connectivity index (χ0n) is 20.5. The van der Waals surface area contributed by atoms with E-state index in [9.17, 15) is 14.7 Å². The lowest BCUT2D eigenvalue weighted by Crippen LogP contribution is -2.42. The van der Waals surface area contributed by atoms with Crippen molar-refractivity contribution < 1.29 is 14.7 Å². The van der Waals surface area contributed by atoms with Gasteiger partial charge >= 0.3 is 0 Å². The average Bonchev–Trinajstić information content (AvgIpc) is 2.88. The molecule has 2 N–H and O–H groups in total. The number of nitrogens with one attached hydrogen (secondary N) is 1. The van der Waals surface area contributed by atoms with Crippen LogP contribution >= 0.6 is 11.6 Å². The van der Waals surface area contributed by atoms with Gasteiger partial charge in [0.05, 0.1) is 5.56 Å². The Bertz CT molecular complexity index is 1050. The lowest BCUT2D eigenvalue weighted by molar-refractivity contribution is -0.142. The molecule has 2 amide bonds. The number of anilines is 1. The molecule has 0 spiro atoms. The van der Waals surface area contributed by atoms with Crippen LogP contribution in [0, 0.1) is 18.8 Å². The fourth-order valence-electron chi connectivity index (χ4n) is 5.32. The summed E-state index contributed by atoms with van der Waals surface area (Å²) in [4.78, 5) is 33.2. The molecule has 0 radical (unpaired) electrons. The highest BCUT2D eigenvalue weighted by Crippen LogP contribution is 2.32. The molecular weight excluding hydrogens is 464 g/mol. The average molecular weight is 499 g/mol. The van der Waals surface area contributed by atoms with Crippen LogP contribution in [0.25, 0.3) is 0 Å². The van der Waals surface area contributed by atoms with E-state index in [1.807, 2.05) is 42.2 Å². The van der Waals surface area contributed by atoms with E-state index in [0.29, 0.717) is 36.1 Å². The van der Waals surface area contributed by atoms with Crippen molar-refractivity contribution in [2.45, 2.75) is 45.1 Å². The fourth-order valence-corrected chi connectivity index (χ4v) is 5.55. The Balaban J connectivity index is 1.23. The zero-order valence-corrected chi connectivity index (χ0v) is 21.3. The van der Waals surface area contributed by atoms with Gasteiger partial charge in [-0.2, -0.15) is 0 Å². The predicted octanol–water partition coefficient (Wildman–Crippen LogP) is 3.98. The molecular formula is C27H35ClN4O3. The number of nitrogens with zero attached hydrogens (tertiary/aromatic N) is 3. The molecule has 3 heterocycles. The number of carbonyl (C=O) groups is 2. The van der Waals surface area contributed by atoms with Gasteiger partial charge in [0.1, 0.15) is 11.0 Å². The third kappa shape index (κ3) is 6.14. The number of carbonyl (C=O) groups excluding carboxylic acids is 2. The molecule has 0 aliphatic carbocycles. The van der Waals surface area contributed by atoms with Crippen LogP contribution in [0.15, 0.2) is 36.4 Å². The van der Waals surface area contributed by atoms with E-state index in [0.717, 1.165) is 50.2 Å². The first-order valence-corrected chi connectivity index (χ1v) is 12.9. The summed E-state index contributed by atoms with van der Waals surface area (Å²) in [5.41, 5.74) is 2.10. The van der Waals surface area contributed by atoms with Gasteiger partial charge in [-0.15, -0.1) is 0 Å². The fraction of sp³-hybridized carbons (Fsp3) is 0.519. The van der Waals surface area contributed by atoms with Crippen molar-refractivity contribution in [1.29, 1.82) is 0 Å². The minimum absolute atomic E-state index is 0.184. The molecule has 2 aliphatic rings. The van der Waals surface area contributed by atoms with Gasteiger partial charge < -0.3 is 20.2 Å². The molecule has 2 fully saturated rings. The molecule has 1 aromatic carbocycles. The van der Waals surface area contributed by atoms with Gasteiger partial charge in [-0.25, -0.2) is 4.98 Å². The number of likely N-dealkylation sites (tertiary alicyclic amines) is 1. The number of benzene rings is 1. The first kappa shape index (κ1) is 25.5. The molecule has 0 saturated carbocycles. The summed E-state index contributed by atoms with van der Waals surface area (Å²) < 4.78 is 0. The molecule has 1 aromatic heterocycles. The zero-order chi connectivity index (χ0) is 24.9. The van der Waals surface area contributed by atoms with Crippen molar-refractivity contribution in [3.63, 3.8) is 0 Å². The highest BCUT2D eigenvalue weighted by atomic mass is 35.5. The molecule has 7 nitrogen and oxygen atoms in total. The Morgan fingerprint density at radius 2 is 1.74 bits per heavy atom. The lowest BCUT2D eigenvalue weighted by Gasteiger charge is -2.37. The van der Waals surface area contributed by atoms with E-state index in [1.165, 1.54) is 6.42 Å². The van der Waals surface area contributed by atoms with E-state index < -0.39 is 6.10 Å². The van der Waals surface area contributed by atoms with Crippen molar-refractivity contribution in [3.05, 3.63) is 58.2 Å². The highest BCUT2D eigenvalue weighted by Gasteiger charge is 2.30. The van der Waals surface area contributed by atoms with Crippen LogP contribution in [-0.2, 0) is 4.79 Å². The van der Waals surface area contributed by atoms with Gasteiger partial charge in [0.2, 0.25) is 0 Å². The number of rotatable bonds is 6. The van der Waals surface area contributed by atoms with Crippen LogP contribution in [0.4, 0.5) is 5.82 Å². The molecule has 188 valence electrons. The van der Waals surface area contributed by atoms with E-state index in [2.05, 4.69) is 15.2 Å². The van der Waals surface area contributed by atoms with Crippen molar-refractivity contribution in [3.8, 4) is 0 Å². The number of hydrogen-bond acceptors (Lipinski definition) is 5. The summed E-state index contributed by atoms with van der Waals surface area (Å²) in [6.07, 6.45) is 4.28. The summed E-state index contributed by atoms with van der Waals surface area (Å²) >= 11 is 6.23. The SMILES string of the molecule is CNC(=O)c1ccc(N2CCC(CC3CCN(C(=O)C(O)c4cccc(C)c4)CC3)CC2)nc1Cl. The van der Waals surface area contributed by atoms with Crippen molar-refractivity contribution >= 4 is 29.2 Å². The highest BCUT2D eigenvalue weighted by molar-refractivity contribution is 6.32. The minimum atomic E-state index is -1.08. The number of halogens is 1. The third-order valence-electron chi connectivity index (χ3n) is 7.43. The van der Waals surface area contributed by atoms with Crippen LogP contribution in [0.1, 0.15) is 59.7 Å². The van der Waals surface area contributed by atoms with Gasteiger partial charge in [-0.1, -0.05) is 41.4 Å². The van der Waals surface area contributed by atoms with E-state index in [-0.39, 0.29) is 17.0 Å². The van der Waals surface area contributed by atoms with Crippen LogP contribution in [0.2, 0.25) is 5.15 Å². The van der Waals surface area contributed by atoms with Gasteiger partial charge in [0, 0.05) is 33.2 Å². The summed E-state index contributed by atoms with van der Waals surface area (Å²) in [7, 11) is 1.58. The molecule has 2 aliphatic heterocycles. The Labute approximate surface area is 212 Å². The van der Waals surface area contributed by atoms with E-state index >= 15 is 0 Å². The maximum atomic E-state index is 12.8. The molecule has 8 heteroatoms. The first-order chi connectivity index (χ1) is 16.9. The second-order valence-corrected chi connectivity index (χ2v) is 10.2. The second-order valence-electron chi connectivity index (χ2n) is 9.84. The smallest absolute Gasteiger partial charge is 0.256 e. The summed E-state index contributed by atoms with van der Waals surface area (Å²) in [5.74, 6) is 1.68. The Kier molecular flexibility index (Phi) is 8.29.